The van der Waals surface area contributed by atoms with Gasteiger partial charge >= 0.3 is 0 Å². The summed E-state index contributed by atoms with van der Waals surface area (Å²) in [7, 11) is 0. The zero-order valence-corrected chi connectivity index (χ0v) is 10.6. The van der Waals surface area contributed by atoms with Crippen molar-refractivity contribution in [1.29, 1.82) is 0 Å². The lowest BCUT2D eigenvalue weighted by Crippen LogP contribution is -2.24. The van der Waals surface area contributed by atoms with Crippen molar-refractivity contribution in [2.75, 3.05) is 0 Å². The first kappa shape index (κ1) is 12.8. The fraction of sp³-hybridized carbons (Fsp3) is 0.545. The van der Waals surface area contributed by atoms with Crippen molar-refractivity contribution < 1.29 is 9.59 Å². The SMILES string of the molecule is CC(=O)CC(=O)NCc1nc(C(C)C)cs1. The van der Waals surface area contributed by atoms with Gasteiger partial charge in [-0.15, -0.1) is 11.3 Å². The number of amides is 1. The third kappa shape index (κ3) is 4.10. The molecule has 1 aromatic rings. The van der Waals surface area contributed by atoms with Crippen LogP contribution >= 0.6 is 11.3 Å². The maximum Gasteiger partial charge on any atom is 0.227 e. The second kappa shape index (κ2) is 5.75. The number of thiazole rings is 1. The second-order valence-electron chi connectivity index (χ2n) is 3.98. The number of carbonyl (C=O) groups excluding carboxylic acids is 2. The predicted octanol–water partition coefficient (Wildman–Crippen LogP) is 1.86. The molecule has 4 nitrogen and oxygen atoms in total. The maximum absolute atomic E-state index is 11.2. The number of aromatic nitrogens is 1. The topological polar surface area (TPSA) is 59.1 Å². The van der Waals surface area contributed by atoms with E-state index < -0.39 is 0 Å². The molecule has 0 radical (unpaired) electrons. The Morgan fingerprint density at radius 1 is 1.50 bits per heavy atom. The van der Waals surface area contributed by atoms with Crippen LogP contribution in [0.2, 0.25) is 0 Å². The molecule has 1 rings (SSSR count). The molecular weight excluding hydrogens is 224 g/mol. The predicted molar refractivity (Wildman–Crippen MR) is 63.3 cm³/mol. The summed E-state index contributed by atoms with van der Waals surface area (Å²) in [4.78, 5) is 26.3. The molecule has 1 aromatic heterocycles. The lowest BCUT2D eigenvalue weighted by Gasteiger charge is -2.01. The number of Topliss-reactive ketones (excluding diaryl/α,β-unsaturated/α-hetero) is 1. The average molecular weight is 240 g/mol. The molecule has 0 atom stereocenters. The van der Waals surface area contributed by atoms with Gasteiger partial charge in [0.1, 0.15) is 10.8 Å². The van der Waals surface area contributed by atoms with Crippen LogP contribution in [-0.2, 0) is 16.1 Å². The molecule has 0 aliphatic rings. The van der Waals surface area contributed by atoms with Gasteiger partial charge in [0.2, 0.25) is 5.91 Å². The van der Waals surface area contributed by atoms with Gasteiger partial charge in [0, 0.05) is 5.38 Å². The maximum atomic E-state index is 11.2. The van der Waals surface area contributed by atoms with E-state index in [1.165, 1.54) is 18.3 Å². The van der Waals surface area contributed by atoms with E-state index >= 15 is 0 Å². The number of nitrogens with one attached hydrogen (secondary N) is 1. The Hall–Kier alpha value is -1.23. The van der Waals surface area contributed by atoms with Crippen LogP contribution in [0.4, 0.5) is 0 Å². The second-order valence-corrected chi connectivity index (χ2v) is 4.92. The highest BCUT2D eigenvalue weighted by Gasteiger charge is 2.08. The van der Waals surface area contributed by atoms with Crippen LogP contribution < -0.4 is 5.32 Å². The van der Waals surface area contributed by atoms with E-state index in [-0.39, 0.29) is 18.1 Å². The van der Waals surface area contributed by atoms with Crippen LogP contribution in [0.25, 0.3) is 0 Å². The van der Waals surface area contributed by atoms with Crippen LogP contribution in [0.15, 0.2) is 5.38 Å². The first-order valence-electron chi connectivity index (χ1n) is 5.19. The quantitative estimate of drug-likeness (QED) is 0.799. The summed E-state index contributed by atoms with van der Waals surface area (Å²) in [6.07, 6.45) is -0.0532. The molecule has 0 fully saturated rings. The number of ketones is 1. The van der Waals surface area contributed by atoms with Gasteiger partial charge in [0.05, 0.1) is 18.7 Å². The minimum Gasteiger partial charge on any atom is -0.349 e. The summed E-state index contributed by atoms with van der Waals surface area (Å²) in [5.74, 6) is 0.0335. The Morgan fingerprint density at radius 3 is 2.69 bits per heavy atom. The van der Waals surface area contributed by atoms with Crippen LogP contribution in [0.5, 0.6) is 0 Å². The first-order valence-corrected chi connectivity index (χ1v) is 6.07. The van der Waals surface area contributed by atoms with Crippen molar-refractivity contribution in [1.82, 2.24) is 10.3 Å². The van der Waals surface area contributed by atoms with E-state index in [0.29, 0.717) is 12.5 Å². The number of nitrogens with zero attached hydrogens (tertiary/aromatic N) is 1. The third-order valence-electron chi connectivity index (χ3n) is 2.01. The minimum absolute atomic E-state index is 0.0532. The summed E-state index contributed by atoms with van der Waals surface area (Å²) in [6, 6.07) is 0. The van der Waals surface area contributed by atoms with Gasteiger partial charge in [-0.05, 0) is 12.8 Å². The number of hydrogen-bond acceptors (Lipinski definition) is 4. The fourth-order valence-corrected chi connectivity index (χ4v) is 2.03. The molecule has 16 heavy (non-hydrogen) atoms. The van der Waals surface area contributed by atoms with Gasteiger partial charge in [0.25, 0.3) is 0 Å². The van der Waals surface area contributed by atoms with Gasteiger partial charge < -0.3 is 5.32 Å². The number of carbonyl (C=O) groups is 2. The molecule has 0 bridgehead atoms. The highest BCUT2D eigenvalue weighted by atomic mass is 32.1. The van der Waals surface area contributed by atoms with Gasteiger partial charge in [-0.3, -0.25) is 9.59 Å². The molecule has 0 aromatic carbocycles. The van der Waals surface area contributed by atoms with Crippen molar-refractivity contribution in [2.45, 2.75) is 39.7 Å². The molecule has 0 saturated carbocycles. The smallest absolute Gasteiger partial charge is 0.227 e. The van der Waals surface area contributed by atoms with Crippen LogP contribution in [0, 0.1) is 0 Å². The van der Waals surface area contributed by atoms with E-state index in [4.69, 9.17) is 0 Å². The summed E-state index contributed by atoms with van der Waals surface area (Å²) in [6.45, 7) is 5.96. The van der Waals surface area contributed by atoms with E-state index in [2.05, 4.69) is 24.1 Å². The average Bonchev–Trinajstić information content (AvgIpc) is 2.61. The molecule has 5 heteroatoms. The van der Waals surface area contributed by atoms with Gasteiger partial charge in [-0.1, -0.05) is 13.8 Å². The zero-order chi connectivity index (χ0) is 12.1. The van der Waals surface area contributed by atoms with E-state index in [9.17, 15) is 9.59 Å². The lowest BCUT2D eigenvalue weighted by atomic mass is 10.2. The fourth-order valence-electron chi connectivity index (χ4n) is 1.13. The molecule has 0 spiro atoms. The Morgan fingerprint density at radius 2 is 2.19 bits per heavy atom. The summed E-state index contributed by atoms with van der Waals surface area (Å²) >= 11 is 1.53. The number of hydrogen-bond donors (Lipinski definition) is 1. The van der Waals surface area contributed by atoms with E-state index in [1.54, 1.807) is 0 Å². The molecular formula is C11H16N2O2S. The molecule has 1 N–H and O–H groups in total. The minimum atomic E-state index is -0.242. The molecule has 1 heterocycles. The standard InChI is InChI=1S/C11H16N2O2S/c1-7(2)9-6-16-11(13-9)5-12-10(15)4-8(3)14/h6-7H,4-5H2,1-3H3,(H,12,15). The van der Waals surface area contributed by atoms with Crippen molar-refractivity contribution in [2.24, 2.45) is 0 Å². The van der Waals surface area contributed by atoms with Crippen LogP contribution in [0.3, 0.4) is 0 Å². The molecule has 0 unspecified atom stereocenters. The summed E-state index contributed by atoms with van der Waals surface area (Å²) in [5.41, 5.74) is 1.04. The lowest BCUT2D eigenvalue weighted by molar-refractivity contribution is -0.127. The van der Waals surface area contributed by atoms with Gasteiger partial charge in [-0.2, -0.15) is 0 Å². The van der Waals surface area contributed by atoms with E-state index in [0.717, 1.165) is 10.7 Å². The van der Waals surface area contributed by atoms with E-state index in [1.807, 2.05) is 5.38 Å². The normalized spacial score (nSPS) is 10.5. The Bertz CT molecular complexity index is 385. The highest BCUT2D eigenvalue weighted by Crippen LogP contribution is 2.17. The van der Waals surface area contributed by atoms with Gasteiger partial charge in [-0.25, -0.2) is 4.98 Å². The van der Waals surface area contributed by atoms with Crippen molar-refractivity contribution in [3.05, 3.63) is 16.1 Å². The first-order chi connectivity index (χ1) is 7.49. The largest absolute Gasteiger partial charge is 0.349 e. The molecule has 1 amide bonds. The number of rotatable bonds is 5. The zero-order valence-electron chi connectivity index (χ0n) is 9.74. The third-order valence-corrected chi connectivity index (χ3v) is 2.87. The molecule has 0 saturated heterocycles. The van der Waals surface area contributed by atoms with Gasteiger partial charge in [0.15, 0.2) is 0 Å². The van der Waals surface area contributed by atoms with Crippen molar-refractivity contribution >= 4 is 23.0 Å². The molecule has 0 aliphatic carbocycles. The van der Waals surface area contributed by atoms with Crippen molar-refractivity contribution in [3.63, 3.8) is 0 Å². The van der Waals surface area contributed by atoms with Crippen molar-refractivity contribution in [3.8, 4) is 0 Å². The monoisotopic (exact) mass is 240 g/mol. The highest BCUT2D eigenvalue weighted by molar-refractivity contribution is 7.09. The summed E-state index contributed by atoms with van der Waals surface area (Å²) < 4.78 is 0. The summed E-state index contributed by atoms with van der Waals surface area (Å²) in [5, 5.41) is 5.54. The Kier molecular flexibility index (Phi) is 4.61. The van der Waals surface area contributed by atoms with Crippen LogP contribution in [0.1, 0.15) is 43.8 Å². The molecule has 0 aliphatic heterocycles. The molecule has 88 valence electrons. The van der Waals surface area contributed by atoms with Crippen LogP contribution in [-0.4, -0.2) is 16.7 Å². The Balaban J connectivity index is 2.42. The Labute approximate surface area is 99.1 Å².